The van der Waals surface area contributed by atoms with Gasteiger partial charge in [0, 0.05) is 16.2 Å². The molecule has 1 aliphatic heterocycles. The van der Waals surface area contributed by atoms with Crippen molar-refractivity contribution in [1.29, 1.82) is 0 Å². The maximum Gasteiger partial charge on any atom is 0.356 e. The van der Waals surface area contributed by atoms with Gasteiger partial charge in [0.1, 0.15) is 11.7 Å². The summed E-state index contributed by atoms with van der Waals surface area (Å²) in [5.74, 6) is -0.661. The van der Waals surface area contributed by atoms with E-state index in [9.17, 15) is 9.59 Å². The molecule has 0 saturated carbocycles. The van der Waals surface area contributed by atoms with E-state index in [-0.39, 0.29) is 18.1 Å². The number of carbonyl (C=O) groups excluding carboxylic acids is 2. The SMILES string of the molecule is CCOC(=O)C1=C(c2ccc(C)cc2)[C@H](C(=O)c2ccc(Cl)cc2)NN1. The summed E-state index contributed by atoms with van der Waals surface area (Å²) in [4.78, 5) is 25.3. The number of benzene rings is 2. The zero-order valence-electron chi connectivity index (χ0n) is 14.5. The number of Topliss-reactive ketones (excluding diaryl/α,β-unsaturated/α-hetero) is 1. The number of hydrazine groups is 1. The van der Waals surface area contributed by atoms with E-state index in [0.717, 1.165) is 11.1 Å². The van der Waals surface area contributed by atoms with Gasteiger partial charge in [-0.25, -0.2) is 10.2 Å². The van der Waals surface area contributed by atoms with E-state index in [1.807, 2.05) is 31.2 Å². The Kier molecular flexibility index (Phi) is 5.40. The Bertz CT molecular complexity index is 858. The first-order chi connectivity index (χ1) is 12.5. The lowest BCUT2D eigenvalue weighted by Crippen LogP contribution is -2.39. The van der Waals surface area contributed by atoms with Gasteiger partial charge in [0.2, 0.25) is 0 Å². The maximum atomic E-state index is 13.0. The molecule has 0 fully saturated rings. The van der Waals surface area contributed by atoms with Gasteiger partial charge in [-0.3, -0.25) is 4.79 Å². The van der Waals surface area contributed by atoms with Gasteiger partial charge in [-0.15, -0.1) is 0 Å². The van der Waals surface area contributed by atoms with E-state index in [1.54, 1.807) is 31.2 Å². The van der Waals surface area contributed by atoms with Gasteiger partial charge in [-0.1, -0.05) is 41.4 Å². The first kappa shape index (κ1) is 18.2. The minimum Gasteiger partial charge on any atom is -0.461 e. The predicted octanol–water partition coefficient (Wildman–Crippen LogP) is 3.28. The lowest BCUT2D eigenvalue weighted by atomic mass is 9.92. The van der Waals surface area contributed by atoms with Crippen LogP contribution in [0.1, 0.15) is 28.4 Å². The molecule has 134 valence electrons. The molecule has 1 heterocycles. The molecule has 0 saturated heterocycles. The molecule has 0 aromatic heterocycles. The second kappa shape index (κ2) is 7.72. The van der Waals surface area contributed by atoms with Gasteiger partial charge < -0.3 is 10.2 Å². The van der Waals surface area contributed by atoms with Crippen molar-refractivity contribution in [3.63, 3.8) is 0 Å². The highest BCUT2D eigenvalue weighted by molar-refractivity contribution is 6.30. The Morgan fingerprint density at radius 3 is 2.35 bits per heavy atom. The second-order valence-corrected chi connectivity index (χ2v) is 6.39. The topological polar surface area (TPSA) is 67.4 Å². The van der Waals surface area contributed by atoms with Crippen molar-refractivity contribution < 1.29 is 14.3 Å². The lowest BCUT2D eigenvalue weighted by Gasteiger charge is -2.14. The fraction of sp³-hybridized carbons (Fsp3) is 0.200. The van der Waals surface area contributed by atoms with E-state index in [0.29, 0.717) is 16.2 Å². The van der Waals surface area contributed by atoms with Crippen molar-refractivity contribution >= 4 is 28.9 Å². The fourth-order valence-corrected chi connectivity index (χ4v) is 2.94. The molecule has 0 radical (unpaired) electrons. The van der Waals surface area contributed by atoms with Crippen molar-refractivity contribution in [3.05, 3.63) is 75.9 Å². The van der Waals surface area contributed by atoms with Crippen LogP contribution in [0.4, 0.5) is 0 Å². The highest BCUT2D eigenvalue weighted by Gasteiger charge is 2.35. The van der Waals surface area contributed by atoms with Crippen LogP contribution in [0, 0.1) is 6.92 Å². The van der Waals surface area contributed by atoms with Gasteiger partial charge in [0.05, 0.1) is 6.61 Å². The zero-order chi connectivity index (χ0) is 18.7. The van der Waals surface area contributed by atoms with Crippen molar-refractivity contribution in [2.75, 3.05) is 6.61 Å². The summed E-state index contributed by atoms with van der Waals surface area (Å²) in [5.41, 5.74) is 8.94. The third-order valence-electron chi connectivity index (χ3n) is 4.13. The highest BCUT2D eigenvalue weighted by Crippen LogP contribution is 2.28. The van der Waals surface area contributed by atoms with Crippen LogP contribution in [0.25, 0.3) is 5.57 Å². The number of nitrogens with one attached hydrogen (secondary N) is 2. The molecule has 3 rings (SSSR count). The van der Waals surface area contributed by atoms with Gasteiger partial charge in [0.25, 0.3) is 0 Å². The van der Waals surface area contributed by atoms with Crippen LogP contribution in [-0.2, 0) is 9.53 Å². The fourth-order valence-electron chi connectivity index (χ4n) is 2.81. The van der Waals surface area contributed by atoms with Crippen LogP contribution < -0.4 is 10.9 Å². The molecule has 1 atom stereocenters. The zero-order valence-corrected chi connectivity index (χ0v) is 15.3. The lowest BCUT2D eigenvalue weighted by molar-refractivity contribution is -0.138. The number of carbonyl (C=O) groups is 2. The number of ketones is 1. The summed E-state index contributed by atoms with van der Waals surface area (Å²) in [6.07, 6.45) is 0. The van der Waals surface area contributed by atoms with Crippen molar-refractivity contribution in [3.8, 4) is 0 Å². The van der Waals surface area contributed by atoms with Crippen molar-refractivity contribution in [2.24, 2.45) is 0 Å². The normalized spacial score (nSPS) is 16.3. The Labute approximate surface area is 157 Å². The van der Waals surface area contributed by atoms with E-state index in [4.69, 9.17) is 16.3 Å². The number of halogens is 1. The molecule has 0 spiro atoms. The molecule has 2 N–H and O–H groups in total. The Morgan fingerprint density at radius 1 is 1.08 bits per heavy atom. The summed E-state index contributed by atoms with van der Waals surface area (Å²) in [6.45, 7) is 3.97. The van der Waals surface area contributed by atoms with Crippen LogP contribution >= 0.6 is 11.6 Å². The number of hydrogen-bond donors (Lipinski definition) is 2. The van der Waals surface area contributed by atoms with E-state index in [2.05, 4.69) is 10.9 Å². The molecule has 2 aromatic carbocycles. The third kappa shape index (κ3) is 3.64. The van der Waals surface area contributed by atoms with E-state index < -0.39 is 12.0 Å². The molecule has 0 aliphatic carbocycles. The molecule has 26 heavy (non-hydrogen) atoms. The molecule has 6 heteroatoms. The molecule has 2 aromatic rings. The van der Waals surface area contributed by atoms with Gasteiger partial charge in [-0.05, 0) is 43.7 Å². The summed E-state index contributed by atoms with van der Waals surface area (Å²) >= 11 is 5.91. The second-order valence-electron chi connectivity index (χ2n) is 5.95. The molecule has 1 aliphatic rings. The van der Waals surface area contributed by atoms with Crippen LogP contribution in [0.2, 0.25) is 5.02 Å². The number of hydrogen-bond acceptors (Lipinski definition) is 5. The standard InChI is InChI=1S/C20H19ClN2O3/c1-3-26-20(25)18-16(13-6-4-12(2)5-7-13)17(22-23-18)19(24)14-8-10-15(21)11-9-14/h4-11,17,22-23H,3H2,1-2H3/t17-/m1/s1. The van der Waals surface area contributed by atoms with Gasteiger partial charge in [-0.2, -0.15) is 0 Å². The summed E-state index contributed by atoms with van der Waals surface area (Å²) in [5, 5.41) is 0.556. The molecule has 0 amide bonds. The average molecular weight is 371 g/mol. The predicted molar refractivity (Wildman–Crippen MR) is 101 cm³/mol. The van der Waals surface area contributed by atoms with E-state index in [1.165, 1.54) is 0 Å². The number of ether oxygens (including phenoxy) is 1. The first-order valence-electron chi connectivity index (χ1n) is 8.31. The molecule has 0 unspecified atom stereocenters. The maximum absolute atomic E-state index is 13.0. The largest absolute Gasteiger partial charge is 0.461 e. The quantitative estimate of drug-likeness (QED) is 0.624. The average Bonchev–Trinajstić information content (AvgIpc) is 3.08. The van der Waals surface area contributed by atoms with Gasteiger partial charge in [0.15, 0.2) is 5.78 Å². The third-order valence-corrected chi connectivity index (χ3v) is 4.38. The Hall–Kier alpha value is -2.63. The van der Waals surface area contributed by atoms with Crippen LogP contribution in [0.5, 0.6) is 0 Å². The smallest absolute Gasteiger partial charge is 0.356 e. The summed E-state index contributed by atoms with van der Waals surface area (Å²) in [7, 11) is 0. The van der Waals surface area contributed by atoms with Gasteiger partial charge >= 0.3 is 5.97 Å². The summed E-state index contributed by atoms with van der Waals surface area (Å²) in [6, 6.07) is 13.6. The highest BCUT2D eigenvalue weighted by atomic mass is 35.5. The van der Waals surface area contributed by atoms with Crippen molar-refractivity contribution in [2.45, 2.75) is 19.9 Å². The molecular weight excluding hydrogens is 352 g/mol. The number of esters is 1. The first-order valence-corrected chi connectivity index (χ1v) is 8.68. The van der Waals surface area contributed by atoms with E-state index >= 15 is 0 Å². The Balaban J connectivity index is 2.03. The summed E-state index contributed by atoms with van der Waals surface area (Å²) < 4.78 is 5.12. The van der Waals surface area contributed by atoms with Crippen LogP contribution in [0.15, 0.2) is 54.2 Å². The van der Waals surface area contributed by atoms with Crippen molar-refractivity contribution in [1.82, 2.24) is 10.9 Å². The minimum atomic E-state index is -0.710. The molecule has 5 nitrogen and oxygen atoms in total. The Morgan fingerprint density at radius 2 is 1.73 bits per heavy atom. The van der Waals surface area contributed by atoms with Crippen LogP contribution in [0.3, 0.4) is 0 Å². The number of rotatable bonds is 5. The van der Waals surface area contributed by atoms with Crippen LogP contribution in [-0.4, -0.2) is 24.4 Å². The monoisotopic (exact) mass is 370 g/mol. The molecular formula is C20H19ClN2O3. The minimum absolute atomic E-state index is 0.163. The number of aryl methyl sites for hydroxylation is 1. The molecule has 0 bridgehead atoms.